The third-order valence-electron chi connectivity index (χ3n) is 2.27. The topological polar surface area (TPSA) is 92.4 Å². The lowest BCUT2D eigenvalue weighted by molar-refractivity contribution is -0.139. The molecule has 0 spiro atoms. The number of hydrogen-bond donors (Lipinski definition) is 3. The largest absolute Gasteiger partial charge is 0.480 e. The number of nitrogen functional groups attached to an aromatic ring is 1. The number of nitrogens with one attached hydrogen (secondary N) is 1. The van der Waals surface area contributed by atoms with Crippen LogP contribution in [-0.4, -0.2) is 23.0 Å². The van der Waals surface area contributed by atoms with E-state index in [2.05, 4.69) is 21.2 Å². The highest BCUT2D eigenvalue weighted by Crippen LogP contribution is 2.20. The molecule has 0 radical (unpaired) electrons. The SMILES string of the molecule is CC[C@@H](NC(=O)c1ccc(Br)c(N)c1)C(=O)O. The smallest absolute Gasteiger partial charge is 0.326 e. The quantitative estimate of drug-likeness (QED) is 0.737. The summed E-state index contributed by atoms with van der Waals surface area (Å²) in [7, 11) is 0. The standard InChI is InChI=1S/C11H13BrN2O3/c1-2-9(11(16)17)14-10(15)6-3-4-7(12)8(13)5-6/h3-5,9H,2,13H2,1H3,(H,14,15)(H,16,17)/t9-/m1/s1. The second-order valence-electron chi connectivity index (χ2n) is 3.51. The summed E-state index contributed by atoms with van der Waals surface area (Å²) in [6.45, 7) is 1.69. The van der Waals surface area contributed by atoms with Gasteiger partial charge in [-0.1, -0.05) is 6.92 Å². The van der Waals surface area contributed by atoms with Crippen LogP contribution in [0.5, 0.6) is 0 Å². The molecule has 0 aliphatic carbocycles. The maximum absolute atomic E-state index is 11.7. The van der Waals surface area contributed by atoms with Gasteiger partial charge in [-0.25, -0.2) is 4.79 Å². The molecule has 0 aliphatic rings. The van der Waals surface area contributed by atoms with E-state index in [1.54, 1.807) is 19.1 Å². The van der Waals surface area contributed by atoms with Gasteiger partial charge in [0.2, 0.25) is 0 Å². The first-order valence-corrected chi connectivity index (χ1v) is 5.83. The van der Waals surface area contributed by atoms with E-state index in [0.29, 0.717) is 22.1 Å². The van der Waals surface area contributed by atoms with Crippen molar-refractivity contribution in [1.82, 2.24) is 5.32 Å². The lowest BCUT2D eigenvalue weighted by Gasteiger charge is -2.12. The van der Waals surface area contributed by atoms with Crippen molar-refractivity contribution < 1.29 is 14.7 Å². The number of carbonyl (C=O) groups is 2. The Kier molecular flexibility index (Phi) is 4.51. The van der Waals surface area contributed by atoms with E-state index >= 15 is 0 Å². The summed E-state index contributed by atoms with van der Waals surface area (Å²) in [5.74, 6) is -1.50. The van der Waals surface area contributed by atoms with Gasteiger partial charge in [0.25, 0.3) is 5.91 Å². The van der Waals surface area contributed by atoms with Crippen LogP contribution >= 0.6 is 15.9 Å². The third kappa shape index (κ3) is 3.45. The molecule has 0 aliphatic heterocycles. The average molecular weight is 301 g/mol. The van der Waals surface area contributed by atoms with Gasteiger partial charge in [0, 0.05) is 15.7 Å². The summed E-state index contributed by atoms with van der Waals surface area (Å²) in [6, 6.07) is 3.83. The first-order chi connectivity index (χ1) is 7.95. The summed E-state index contributed by atoms with van der Waals surface area (Å²) in [4.78, 5) is 22.5. The maximum atomic E-state index is 11.7. The van der Waals surface area contributed by atoms with Crippen molar-refractivity contribution in [1.29, 1.82) is 0 Å². The number of carboxylic acid groups (broad SMARTS) is 1. The Bertz CT molecular complexity index is 448. The fraction of sp³-hybridized carbons (Fsp3) is 0.273. The number of carbonyl (C=O) groups excluding carboxylic acids is 1. The van der Waals surface area contributed by atoms with Crippen LogP contribution in [0.3, 0.4) is 0 Å². The molecule has 1 amide bonds. The van der Waals surface area contributed by atoms with Crippen molar-refractivity contribution in [2.24, 2.45) is 0 Å². The molecule has 17 heavy (non-hydrogen) atoms. The van der Waals surface area contributed by atoms with Crippen LogP contribution in [0, 0.1) is 0 Å². The van der Waals surface area contributed by atoms with E-state index in [1.807, 2.05) is 0 Å². The average Bonchev–Trinajstić information content (AvgIpc) is 2.28. The molecule has 1 aromatic rings. The molecule has 6 heteroatoms. The highest BCUT2D eigenvalue weighted by molar-refractivity contribution is 9.10. The van der Waals surface area contributed by atoms with Crippen molar-refractivity contribution in [3.05, 3.63) is 28.2 Å². The monoisotopic (exact) mass is 300 g/mol. The van der Waals surface area contributed by atoms with Crippen LogP contribution in [0.25, 0.3) is 0 Å². The molecule has 0 bridgehead atoms. The van der Waals surface area contributed by atoms with Gasteiger partial charge in [-0.05, 0) is 40.5 Å². The molecule has 0 aromatic heterocycles. The Labute approximate surface area is 107 Å². The molecule has 4 N–H and O–H groups in total. The van der Waals surface area contributed by atoms with Crippen LogP contribution < -0.4 is 11.1 Å². The summed E-state index contributed by atoms with van der Waals surface area (Å²) in [5, 5.41) is 11.2. The minimum Gasteiger partial charge on any atom is -0.480 e. The summed E-state index contributed by atoms with van der Waals surface area (Å²) in [6.07, 6.45) is 0.326. The van der Waals surface area contributed by atoms with E-state index in [4.69, 9.17) is 10.8 Å². The van der Waals surface area contributed by atoms with Gasteiger partial charge >= 0.3 is 5.97 Å². The first kappa shape index (κ1) is 13.5. The highest BCUT2D eigenvalue weighted by atomic mass is 79.9. The number of rotatable bonds is 4. The number of anilines is 1. The summed E-state index contributed by atoms with van der Waals surface area (Å²) in [5.41, 5.74) is 6.41. The Morgan fingerprint density at radius 3 is 2.65 bits per heavy atom. The van der Waals surface area contributed by atoms with Gasteiger partial charge < -0.3 is 16.2 Å². The van der Waals surface area contributed by atoms with E-state index in [-0.39, 0.29) is 0 Å². The molecule has 0 saturated heterocycles. The van der Waals surface area contributed by atoms with Gasteiger partial charge in [-0.3, -0.25) is 4.79 Å². The molecule has 1 aromatic carbocycles. The Balaban J connectivity index is 2.82. The minimum atomic E-state index is -1.05. The Morgan fingerprint density at radius 1 is 1.53 bits per heavy atom. The van der Waals surface area contributed by atoms with Crippen LogP contribution in [0.15, 0.2) is 22.7 Å². The van der Waals surface area contributed by atoms with E-state index in [9.17, 15) is 9.59 Å². The normalized spacial score (nSPS) is 11.9. The van der Waals surface area contributed by atoms with Gasteiger partial charge in [0.05, 0.1) is 0 Å². The van der Waals surface area contributed by atoms with E-state index in [0.717, 1.165) is 0 Å². The maximum Gasteiger partial charge on any atom is 0.326 e. The third-order valence-corrected chi connectivity index (χ3v) is 2.99. The van der Waals surface area contributed by atoms with Gasteiger partial charge in [-0.2, -0.15) is 0 Å². The van der Waals surface area contributed by atoms with Crippen LogP contribution in [0.2, 0.25) is 0 Å². The van der Waals surface area contributed by atoms with E-state index < -0.39 is 17.9 Å². The van der Waals surface area contributed by atoms with Crippen LogP contribution in [0.1, 0.15) is 23.7 Å². The zero-order chi connectivity index (χ0) is 13.0. The molecule has 0 heterocycles. The van der Waals surface area contributed by atoms with Crippen LogP contribution in [-0.2, 0) is 4.79 Å². The number of amides is 1. The van der Waals surface area contributed by atoms with Crippen molar-refractivity contribution in [2.45, 2.75) is 19.4 Å². The van der Waals surface area contributed by atoms with Gasteiger partial charge in [0.15, 0.2) is 0 Å². The van der Waals surface area contributed by atoms with Crippen molar-refractivity contribution >= 4 is 33.5 Å². The molecule has 0 fully saturated rings. The fourth-order valence-corrected chi connectivity index (χ4v) is 1.51. The predicted molar refractivity (Wildman–Crippen MR) is 67.7 cm³/mol. The molecular formula is C11H13BrN2O3. The number of carboxylic acids is 1. The van der Waals surface area contributed by atoms with Crippen molar-refractivity contribution in [3.63, 3.8) is 0 Å². The lowest BCUT2D eigenvalue weighted by atomic mass is 10.1. The molecule has 0 saturated carbocycles. The summed E-state index contributed by atoms with van der Waals surface area (Å²) < 4.78 is 0.694. The molecule has 0 unspecified atom stereocenters. The molecular weight excluding hydrogens is 288 g/mol. The fourth-order valence-electron chi connectivity index (χ4n) is 1.26. The Hall–Kier alpha value is -1.56. The number of benzene rings is 1. The minimum absolute atomic E-state index is 0.326. The van der Waals surface area contributed by atoms with Gasteiger partial charge in [-0.15, -0.1) is 0 Å². The predicted octanol–water partition coefficient (Wildman–Crippen LogP) is 1.62. The number of halogens is 1. The van der Waals surface area contributed by atoms with Gasteiger partial charge in [0.1, 0.15) is 6.04 Å². The van der Waals surface area contributed by atoms with Crippen molar-refractivity contribution in [2.75, 3.05) is 5.73 Å². The van der Waals surface area contributed by atoms with Crippen LogP contribution in [0.4, 0.5) is 5.69 Å². The molecule has 1 atom stereocenters. The second kappa shape index (κ2) is 5.67. The zero-order valence-corrected chi connectivity index (χ0v) is 10.8. The molecule has 5 nitrogen and oxygen atoms in total. The number of nitrogens with two attached hydrogens (primary N) is 1. The lowest BCUT2D eigenvalue weighted by Crippen LogP contribution is -2.40. The molecule has 92 valence electrons. The van der Waals surface area contributed by atoms with Crippen molar-refractivity contribution in [3.8, 4) is 0 Å². The second-order valence-corrected chi connectivity index (χ2v) is 4.36. The summed E-state index contributed by atoms with van der Waals surface area (Å²) >= 11 is 3.22. The molecule has 1 rings (SSSR count). The Morgan fingerprint density at radius 2 is 2.18 bits per heavy atom. The van der Waals surface area contributed by atoms with E-state index in [1.165, 1.54) is 6.07 Å². The number of hydrogen-bond acceptors (Lipinski definition) is 3. The number of aliphatic carboxylic acids is 1. The zero-order valence-electron chi connectivity index (χ0n) is 9.24. The first-order valence-electron chi connectivity index (χ1n) is 5.04. The highest BCUT2D eigenvalue weighted by Gasteiger charge is 2.18.